The highest BCUT2D eigenvalue weighted by Crippen LogP contribution is 2.15. The van der Waals surface area contributed by atoms with Gasteiger partial charge in [-0.2, -0.15) is 4.68 Å². The van der Waals surface area contributed by atoms with Crippen molar-refractivity contribution in [2.75, 3.05) is 0 Å². The van der Waals surface area contributed by atoms with Gasteiger partial charge in [0.05, 0.1) is 12.2 Å². The Balaban J connectivity index is 1.78. The molecule has 1 aromatic carbocycles. The highest BCUT2D eigenvalue weighted by Gasteiger charge is 2.13. The van der Waals surface area contributed by atoms with Gasteiger partial charge in [0.2, 0.25) is 0 Å². The van der Waals surface area contributed by atoms with Crippen molar-refractivity contribution in [2.24, 2.45) is 0 Å². The fraction of sp³-hybridized carbons (Fsp3) is 0.0625. The Labute approximate surface area is 141 Å². The van der Waals surface area contributed by atoms with E-state index >= 15 is 0 Å². The van der Waals surface area contributed by atoms with Crippen molar-refractivity contribution in [3.63, 3.8) is 0 Å². The zero-order chi connectivity index (χ0) is 16.5. The van der Waals surface area contributed by atoms with Crippen LogP contribution in [0.3, 0.4) is 0 Å². The van der Waals surface area contributed by atoms with Gasteiger partial charge in [0.25, 0.3) is 5.56 Å². The van der Waals surface area contributed by atoms with Crippen LogP contribution in [0.15, 0.2) is 59.9 Å². The number of halogens is 1. The van der Waals surface area contributed by atoms with E-state index in [1.165, 1.54) is 15.6 Å². The number of aromatic nitrogens is 6. The Morgan fingerprint density at radius 2 is 1.96 bits per heavy atom. The lowest BCUT2D eigenvalue weighted by Crippen LogP contribution is -2.21. The Hall–Kier alpha value is -3.06. The molecule has 3 aromatic heterocycles. The normalized spacial score (nSPS) is 11.0. The van der Waals surface area contributed by atoms with Gasteiger partial charge in [-0.25, -0.2) is 4.98 Å². The zero-order valence-electron chi connectivity index (χ0n) is 12.4. The molecule has 0 bridgehead atoms. The molecule has 0 amide bonds. The molecule has 7 nitrogen and oxygen atoms in total. The Kier molecular flexibility index (Phi) is 3.55. The van der Waals surface area contributed by atoms with E-state index in [-0.39, 0.29) is 11.1 Å². The zero-order valence-corrected chi connectivity index (χ0v) is 13.1. The first-order chi connectivity index (χ1) is 11.7. The molecule has 0 radical (unpaired) electrons. The van der Waals surface area contributed by atoms with Gasteiger partial charge in [-0.05, 0) is 35.9 Å². The van der Waals surface area contributed by atoms with E-state index in [9.17, 15) is 4.79 Å². The van der Waals surface area contributed by atoms with Gasteiger partial charge in [-0.3, -0.25) is 14.3 Å². The number of fused-ring (bicyclic) bond motifs is 1. The van der Waals surface area contributed by atoms with E-state index in [2.05, 4.69) is 20.3 Å². The van der Waals surface area contributed by atoms with Crippen molar-refractivity contribution in [1.29, 1.82) is 0 Å². The molecule has 0 N–H and O–H groups in total. The number of hydrogen-bond acceptors (Lipinski definition) is 5. The average molecular weight is 339 g/mol. The second-order valence-corrected chi connectivity index (χ2v) is 5.63. The van der Waals surface area contributed by atoms with Gasteiger partial charge in [0.1, 0.15) is 6.33 Å². The molecule has 24 heavy (non-hydrogen) atoms. The summed E-state index contributed by atoms with van der Waals surface area (Å²) in [7, 11) is 0. The van der Waals surface area contributed by atoms with Gasteiger partial charge in [0.15, 0.2) is 11.2 Å². The lowest BCUT2D eigenvalue weighted by Gasteiger charge is -2.05. The number of nitrogens with zero attached hydrogens (tertiary/aromatic N) is 6. The lowest BCUT2D eigenvalue weighted by molar-refractivity contribution is 0.742. The lowest BCUT2D eigenvalue weighted by atomic mass is 10.3. The smallest absolute Gasteiger partial charge is 0.283 e. The van der Waals surface area contributed by atoms with Gasteiger partial charge in [-0.1, -0.05) is 22.9 Å². The molecule has 0 spiro atoms. The second-order valence-electron chi connectivity index (χ2n) is 5.19. The minimum Gasteiger partial charge on any atom is -0.293 e. The molecule has 0 atom stereocenters. The molecular formula is C16H11ClN6O. The van der Waals surface area contributed by atoms with Crippen LogP contribution in [0, 0.1) is 0 Å². The minimum absolute atomic E-state index is 0.219. The Bertz CT molecular complexity index is 1060. The van der Waals surface area contributed by atoms with Crippen molar-refractivity contribution >= 4 is 22.8 Å². The third kappa shape index (κ3) is 2.55. The van der Waals surface area contributed by atoms with Crippen LogP contribution in [0.5, 0.6) is 0 Å². The summed E-state index contributed by atoms with van der Waals surface area (Å²) in [5.41, 5.74) is 2.02. The number of pyridine rings is 1. The molecule has 0 saturated carbocycles. The minimum atomic E-state index is -0.246. The molecule has 0 saturated heterocycles. The molecule has 0 unspecified atom stereocenters. The molecule has 0 fully saturated rings. The first-order valence-electron chi connectivity index (χ1n) is 7.18. The molecule has 4 rings (SSSR count). The summed E-state index contributed by atoms with van der Waals surface area (Å²) in [6.07, 6.45) is 4.89. The predicted molar refractivity (Wildman–Crippen MR) is 89.3 cm³/mol. The van der Waals surface area contributed by atoms with E-state index < -0.39 is 0 Å². The summed E-state index contributed by atoms with van der Waals surface area (Å²) in [5.74, 6) is 0. The predicted octanol–water partition coefficient (Wildman–Crippen LogP) is 2.07. The van der Waals surface area contributed by atoms with Crippen LogP contribution < -0.4 is 5.56 Å². The summed E-state index contributed by atoms with van der Waals surface area (Å²) in [5, 5.41) is 8.65. The van der Waals surface area contributed by atoms with Crippen molar-refractivity contribution in [3.8, 4) is 5.69 Å². The fourth-order valence-electron chi connectivity index (χ4n) is 2.40. The summed E-state index contributed by atoms with van der Waals surface area (Å²) in [6.45, 7) is 0.378. The number of hydrogen-bond donors (Lipinski definition) is 0. The molecule has 0 aliphatic rings. The first kappa shape index (κ1) is 14.5. The average Bonchev–Trinajstić information content (AvgIpc) is 3.04. The van der Waals surface area contributed by atoms with Crippen LogP contribution in [0.25, 0.3) is 16.9 Å². The van der Waals surface area contributed by atoms with E-state index in [0.717, 1.165) is 11.3 Å². The van der Waals surface area contributed by atoms with Crippen molar-refractivity contribution in [1.82, 2.24) is 29.5 Å². The molecule has 4 aromatic rings. The maximum Gasteiger partial charge on any atom is 0.283 e. The molecule has 118 valence electrons. The van der Waals surface area contributed by atoms with Crippen LogP contribution in [-0.2, 0) is 6.54 Å². The summed E-state index contributed by atoms with van der Waals surface area (Å²) >= 11 is 5.89. The van der Waals surface area contributed by atoms with Crippen LogP contribution in [0.4, 0.5) is 0 Å². The standard InChI is InChI=1S/C16H11ClN6O/c17-12-3-5-13(6-4-12)23-15-14(20-21-23)16(24)22(10-19-15)9-11-2-1-7-18-8-11/h1-8,10H,9H2. The Morgan fingerprint density at radius 3 is 2.71 bits per heavy atom. The van der Waals surface area contributed by atoms with Gasteiger partial charge < -0.3 is 0 Å². The van der Waals surface area contributed by atoms with Gasteiger partial charge >= 0.3 is 0 Å². The van der Waals surface area contributed by atoms with Gasteiger partial charge in [-0.15, -0.1) is 5.10 Å². The summed E-state index contributed by atoms with van der Waals surface area (Å²) < 4.78 is 3.00. The molecule has 0 aliphatic heterocycles. The molecule has 0 aliphatic carbocycles. The van der Waals surface area contributed by atoms with E-state index in [1.807, 2.05) is 12.1 Å². The third-order valence-corrected chi connectivity index (χ3v) is 3.83. The molecule has 3 heterocycles. The van der Waals surface area contributed by atoms with Gasteiger partial charge in [0, 0.05) is 17.4 Å². The molecule has 8 heteroatoms. The first-order valence-corrected chi connectivity index (χ1v) is 7.56. The highest BCUT2D eigenvalue weighted by atomic mass is 35.5. The monoisotopic (exact) mass is 338 g/mol. The van der Waals surface area contributed by atoms with E-state index in [0.29, 0.717) is 17.2 Å². The topological polar surface area (TPSA) is 78.5 Å². The fourth-order valence-corrected chi connectivity index (χ4v) is 2.53. The second kappa shape index (κ2) is 5.86. The van der Waals surface area contributed by atoms with Crippen LogP contribution in [0.1, 0.15) is 5.56 Å². The summed E-state index contributed by atoms with van der Waals surface area (Å²) in [4.78, 5) is 21.0. The van der Waals surface area contributed by atoms with Crippen molar-refractivity contribution in [3.05, 3.63) is 76.1 Å². The molecular weight excluding hydrogens is 328 g/mol. The maximum atomic E-state index is 12.6. The number of rotatable bonds is 3. The van der Waals surface area contributed by atoms with E-state index in [1.54, 1.807) is 36.7 Å². The largest absolute Gasteiger partial charge is 0.293 e. The van der Waals surface area contributed by atoms with E-state index in [4.69, 9.17) is 11.6 Å². The van der Waals surface area contributed by atoms with Crippen molar-refractivity contribution < 1.29 is 0 Å². The van der Waals surface area contributed by atoms with Crippen molar-refractivity contribution in [2.45, 2.75) is 6.54 Å². The van der Waals surface area contributed by atoms with Crippen LogP contribution in [-0.4, -0.2) is 29.5 Å². The number of benzene rings is 1. The summed E-state index contributed by atoms with van der Waals surface area (Å²) in [6, 6.07) is 10.8. The SMILES string of the molecule is O=c1c2nnn(-c3ccc(Cl)cc3)c2ncn1Cc1cccnc1. The maximum absolute atomic E-state index is 12.6. The highest BCUT2D eigenvalue weighted by molar-refractivity contribution is 6.30. The third-order valence-electron chi connectivity index (χ3n) is 3.58. The van der Waals surface area contributed by atoms with Crippen LogP contribution >= 0.6 is 11.6 Å². The quantitative estimate of drug-likeness (QED) is 0.571. The Morgan fingerprint density at radius 1 is 1.12 bits per heavy atom. The van der Waals surface area contributed by atoms with Crippen LogP contribution in [0.2, 0.25) is 5.02 Å².